The highest BCUT2D eigenvalue weighted by Crippen LogP contribution is 2.07. The molecule has 0 spiro atoms. The van der Waals surface area contributed by atoms with Crippen LogP contribution in [0.15, 0.2) is 24.3 Å². The summed E-state index contributed by atoms with van der Waals surface area (Å²) in [6.07, 6.45) is 11.0. The first-order valence-electron chi connectivity index (χ1n) is 8.14. The molecule has 0 aliphatic rings. The van der Waals surface area contributed by atoms with Gasteiger partial charge in [0, 0.05) is 25.7 Å². The average molecular weight is 310 g/mol. The molecule has 0 aromatic heterocycles. The van der Waals surface area contributed by atoms with E-state index < -0.39 is 12.2 Å². The van der Waals surface area contributed by atoms with E-state index in [4.69, 9.17) is 10.2 Å². The SMILES string of the molecule is CC(O)/C=C/CCCC(=O)CCC(=O)CCC/C=C/C(C)O. The van der Waals surface area contributed by atoms with Crippen LogP contribution in [0.3, 0.4) is 0 Å². The molecule has 0 radical (unpaired) electrons. The lowest BCUT2D eigenvalue weighted by Crippen LogP contribution is -2.04. The van der Waals surface area contributed by atoms with Crippen molar-refractivity contribution in [1.82, 2.24) is 0 Å². The van der Waals surface area contributed by atoms with Gasteiger partial charge in [-0.05, 0) is 39.5 Å². The molecule has 2 atom stereocenters. The predicted molar refractivity (Wildman–Crippen MR) is 88.6 cm³/mol. The third-order valence-electron chi connectivity index (χ3n) is 3.16. The summed E-state index contributed by atoms with van der Waals surface area (Å²) in [4.78, 5) is 23.3. The average Bonchev–Trinajstić information content (AvgIpc) is 2.43. The molecule has 0 saturated carbocycles. The minimum absolute atomic E-state index is 0.132. The van der Waals surface area contributed by atoms with E-state index in [0.29, 0.717) is 25.7 Å². The van der Waals surface area contributed by atoms with Crippen LogP contribution in [0, 0.1) is 0 Å². The van der Waals surface area contributed by atoms with Gasteiger partial charge < -0.3 is 10.2 Å². The molecule has 126 valence electrons. The van der Waals surface area contributed by atoms with Crippen molar-refractivity contribution < 1.29 is 19.8 Å². The van der Waals surface area contributed by atoms with Crippen LogP contribution < -0.4 is 0 Å². The first-order chi connectivity index (χ1) is 10.4. The van der Waals surface area contributed by atoms with Crippen LogP contribution in [-0.4, -0.2) is 34.0 Å². The minimum atomic E-state index is -0.441. The minimum Gasteiger partial charge on any atom is -0.389 e. The molecular weight excluding hydrogens is 280 g/mol. The number of hydrogen-bond acceptors (Lipinski definition) is 4. The number of rotatable bonds is 13. The number of unbranched alkanes of at least 4 members (excludes halogenated alkanes) is 2. The number of carbonyl (C=O) groups excluding carboxylic acids is 2. The van der Waals surface area contributed by atoms with E-state index in [0.717, 1.165) is 25.7 Å². The molecule has 0 aromatic rings. The van der Waals surface area contributed by atoms with Gasteiger partial charge in [0.1, 0.15) is 11.6 Å². The van der Waals surface area contributed by atoms with Gasteiger partial charge in [-0.2, -0.15) is 0 Å². The van der Waals surface area contributed by atoms with Gasteiger partial charge in [-0.3, -0.25) is 9.59 Å². The fourth-order valence-corrected chi connectivity index (χ4v) is 1.95. The Bertz CT molecular complexity index is 331. The molecule has 0 aliphatic carbocycles. The van der Waals surface area contributed by atoms with E-state index in [9.17, 15) is 9.59 Å². The van der Waals surface area contributed by atoms with Crippen LogP contribution in [0.25, 0.3) is 0 Å². The van der Waals surface area contributed by atoms with Crippen LogP contribution >= 0.6 is 0 Å². The van der Waals surface area contributed by atoms with Crippen molar-refractivity contribution in [2.24, 2.45) is 0 Å². The Morgan fingerprint density at radius 3 is 1.45 bits per heavy atom. The number of hydrogen-bond donors (Lipinski definition) is 2. The maximum absolute atomic E-state index is 11.6. The van der Waals surface area contributed by atoms with Gasteiger partial charge in [0.25, 0.3) is 0 Å². The first kappa shape index (κ1) is 20.7. The Kier molecular flexibility index (Phi) is 12.6. The Hall–Kier alpha value is -1.26. The molecule has 4 nitrogen and oxygen atoms in total. The van der Waals surface area contributed by atoms with Gasteiger partial charge in [-0.25, -0.2) is 0 Å². The summed E-state index contributed by atoms with van der Waals surface area (Å²) in [6.45, 7) is 3.38. The molecule has 2 unspecified atom stereocenters. The van der Waals surface area contributed by atoms with E-state index in [-0.39, 0.29) is 11.6 Å². The van der Waals surface area contributed by atoms with Crippen molar-refractivity contribution in [2.75, 3.05) is 0 Å². The zero-order valence-corrected chi connectivity index (χ0v) is 13.8. The fraction of sp³-hybridized carbons (Fsp3) is 0.667. The van der Waals surface area contributed by atoms with E-state index >= 15 is 0 Å². The Morgan fingerprint density at radius 1 is 0.773 bits per heavy atom. The van der Waals surface area contributed by atoms with Crippen molar-refractivity contribution in [2.45, 2.75) is 77.4 Å². The number of Topliss-reactive ketones (excluding diaryl/α,β-unsaturated/α-hetero) is 2. The van der Waals surface area contributed by atoms with Crippen molar-refractivity contribution in [3.8, 4) is 0 Å². The third-order valence-corrected chi connectivity index (χ3v) is 3.16. The van der Waals surface area contributed by atoms with Crippen LogP contribution in [0.2, 0.25) is 0 Å². The summed E-state index contributed by atoms with van der Waals surface area (Å²) < 4.78 is 0. The zero-order valence-electron chi connectivity index (χ0n) is 13.8. The molecule has 0 bridgehead atoms. The second-order valence-electron chi connectivity index (χ2n) is 5.70. The lowest BCUT2D eigenvalue weighted by atomic mass is 10.0. The summed E-state index contributed by atoms with van der Waals surface area (Å²) in [5, 5.41) is 18.1. The van der Waals surface area contributed by atoms with Gasteiger partial charge >= 0.3 is 0 Å². The molecule has 0 heterocycles. The molecule has 4 heteroatoms. The van der Waals surface area contributed by atoms with E-state index in [1.165, 1.54) is 0 Å². The summed E-state index contributed by atoms with van der Waals surface area (Å²) >= 11 is 0. The number of ketones is 2. The number of carbonyl (C=O) groups is 2. The van der Waals surface area contributed by atoms with Gasteiger partial charge in [0.2, 0.25) is 0 Å². The normalized spacial score (nSPS) is 14.5. The fourth-order valence-electron chi connectivity index (χ4n) is 1.95. The van der Waals surface area contributed by atoms with Gasteiger partial charge in [0.05, 0.1) is 12.2 Å². The zero-order chi connectivity index (χ0) is 16.8. The molecule has 0 aliphatic heterocycles. The Balaban J connectivity index is 3.58. The van der Waals surface area contributed by atoms with Crippen molar-refractivity contribution in [3.63, 3.8) is 0 Å². The largest absolute Gasteiger partial charge is 0.389 e. The smallest absolute Gasteiger partial charge is 0.133 e. The third kappa shape index (κ3) is 15.1. The molecule has 0 aromatic carbocycles. The van der Waals surface area contributed by atoms with E-state index in [1.54, 1.807) is 26.0 Å². The summed E-state index contributed by atoms with van der Waals surface area (Å²) in [5.74, 6) is 0.264. The van der Waals surface area contributed by atoms with Crippen LogP contribution in [0.1, 0.15) is 65.2 Å². The highest BCUT2D eigenvalue weighted by molar-refractivity contribution is 5.85. The molecular formula is C18H30O4. The van der Waals surface area contributed by atoms with Crippen molar-refractivity contribution >= 4 is 11.6 Å². The van der Waals surface area contributed by atoms with Crippen molar-refractivity contribution in [3.05, 3.63) is 24.3 Å². The molecule has 2 N–H and O–H groups in total. The Morgan fingerprint density at radius 2 is 1.14 bits per heavy atom. The van der Waals surface area contributed by atoms with Crippen LogP contribution in [-0.2, 0) is 9.59 Å². The lowest BCUT2D eigenvalue weighted by molar-refractivity contribution is -0.124. The second-order valence-corrected chi connectivity index (χ2v) is 5.70. The van der Waals surface area contributed by atoms with E-state index in [2.05, 4.69) is 0 Å². The maximum Gasteiger partial charge on any atom is 0.133 e. The van der Waals surface area contributed by atoms with E-state index in [1.807, 2.05) is 12.2 Å². The first-order valence-corrected chi connectivity index (χ1v) is 8.14. The summed E-state index contributed by atoms with van der Waals surface area (Å²) in [6, 6.07) is 0. The number of aliphatic hydroxyl groups is 2. The highest BCUT2D eigenvalue weighted by atomic mass is 16.3. The monoisotopic (exact) mass is 310 g/mol. The van der Waals surface area contributed by atoms with Gasteiger partial charge in [-0.1, -0.05) is 24.3 Å². The quantitative estimate of drug-likeness (QED) is 0.405. The predicted octanol–water partition coefficient (Wildman–Crippen LogP) is 3.12. The van der Waals surface area contributed by atoms with Crippen LogP contribution in [0.5, 0.6) is 0 Å². The lowest BCUT2D eigenvalue weighted by Gasteiger charge is -2.01. The topological polar surface area (TPSA) is 74.6 Å². The maximum atomic E-state index is 11.6. The number of aliphatic hydroxyl groups excluding tert-OH is 2. The molecule has 0 saturated heterocycles. The second kappa shape index (κ2) is 13.4. The summed E-state index contributed by atoms with van der Waals surface area (Å²) in [5.41, 5.74) is 0. The number of allylic oxidation sites excluding steroid dienone is 2. The Labute approximate surface area is 133 Å². The molecule has 22 heavy (non-hydrogen) atoms. The van der Waals surface area contributed by atoms with Crippen LogP contribution in [0.4, 0.5) is 0 Å². The van der Waals surface area contributed by atoms with Crippen molar-refractivity contribution in [1.29, 1.82) is 0 Å². The highest BCUT2D eigenvalue weighted by Gasteiger charge is 2.06. The molecule has 0 rings (SSSR count). The molecule has 0 fully saturated rings. The molecule has 0 amide bonds. The standard InChI is InChI=1S/C18H30O4/c1-15(19)9-5-3-7-11-17(21)13-14-18(22)12-8-4-6-10-16(2)20/h5-6,9-10,15-16,19-20H,3-4,7-8,11-14H2,1-2H3/b9-5+,10-6+. The van der Waals surface area contributed by atoms with Gasteiger partial charge in [-0.15, -0.1) is 0 Å². The summed E-state index contributed by atoms with van der Waals surface area (Å²) in [7, 11) is 0. The van der Waals surface area contributed by atoms with Gasteiger partial charge in [0.15, 0.2) is 0 Å².